The number of nitrogens with zero attached hydrogens (tertiary/aromatic N) is 1. The first-order valence-corrected chi connectivity index (χ1v) is 6.22. The molecule has 0 aliphatic carbocycles. The summed E-state index contributed by atoms with van der Waals surface area (Å²) in [6.45, 7) is 1.23. The average Bonchev–Trinajstić information content (AvgIpc) is 2.75. The molecule has 1 amide bonds. The summed E-state index contributed by atoms with van der Waals surface area (Å²) in [6, 6.07) is 4.72. The molecule has 8 heteroatoms. The van der Waals surface area contributed by atoms with E-state index in [4.69, 9.17) is 27.9 Å². The predicted molar refractivity (Wildman–Crippen MR) is 74.3 cm³/mol. The largest absolute Gasteiger partial charge is 0.404 e. The average molecular weight is 314 g/mol. The topological polar surface area (TPSA) is 84.1 Å². The second kappa shape index (κ2) is 5.94. The van der Waals surface area contributed by atoms with Gasteiger partial charge in [0.05, 0.1) is 15.6 Å². The van der Waals surface area contributed by atoms with E-state index in [0.29, 0.717) is 0 Å². The van der Waals surface area contributed by atoms with Crippen LogP contribution in [0, 0.1) is 0 Å². The van der Waals surface area contributed by atoms with Crippen LogP contribution in [0.3, 0.4) is 0 Å². The molecular weight excluding hydrogens is 305 g/mol. The third-order valence-corrected chi connectivity index (χ3v) is 2.91. The minimum absolute atomic E-state index is 0.0333. The molecule has 1 aromatic carbocycles. The van der Waals surface area contributed by atoms with Gasteiger partial charge in [0.1, 0.15) is 5.69 Å². The maximum atomic E-state index is 12.1. The van der Waals surface area contributed by atoms with Gasteiger partial charge in [0.15, 0.2) is 0 Å². The highest BCUT2D eigenvalue weighted by Gasteiger charge is 2.18. The van der Waals surface area contributed by atoms with Gasteiger partial charge in [0.25, 0.3) is 11.8 Å². The zero-order valence-electron chi connectivity index (χ0n) is 10.2. The first-order valence-electron chi connectivity index (χ1n) is 5.46. The first-order chi connectivity index (χ1) is 9.49. The Bertz CT molecular complexity index is 649. The Morgan fingerprint density at radius 3 is 2.55 bits per heavy atom. The van der Waals surface area contributed by atoms with Crippen molar-refractivity contribution in [2.24, 2.45) is 0 Å². The molecule has 0 saturated heterocycles. The fraction of sp³-hybridized carbons (Fsp3) is 0.0833. The van der Waals surface area contributed by atoms with Gasteiger partial charge in [0.2, 0.25) is 0 Å². The van der Waals surface area contributed by atoms with Crippen LogP contribution in [-0.4, -0.2) is 22.1 Å². The molecule has 0 unspecified atom stereocenters. The maximum absolute atomic E-state index is 12.1. The molecule has 0 bridgehead atoms. The van der Waals surface area contributed by atoms with Gasteiger partial charge in [-0.05, 0) is 12.1 Å². The minimum Gasteiger partial charge on any atom is -0.404 e. The second-order valence-corrected chi connectivity index (χ2v) is 4.56. The summed E-state index contributed by atoms with van der Waals surface area (Å²) in [4.78, 5) is 23.0. The third kappa shape index (κ3) is 3.09. The molecule has 1 heterocycles. The van der Waals surface area contributed by atoms with Crippen LogP contribution in [0.1, 0.15) is 17.3 Å². The van der Waals surface area contributed by atoms with Crippen LogP contribution in [0.15, 0.2) is 24.4 Å². The summed E-state index contributed by atoms with van der Waals surface area (Å²) in [5.41, 5.74) is 0.340. The Labute approximate surface area is 124 Å². The number of rotatable bonds is 3. The van der Waals surface area contributed by atoms with E-state index in [1.807, 2.05) is 0 Å². The number of anilines is 1. The summed E-state index contributed by atoms with van der Waals surface area (Å²) in [7, 11) is 0. The van der Waals surface area contributed by atoms with Crippen LogP contribution in [0.4, 0.5) is 5.69 Å². The Morgan fingerprint density at radius 1 is 1.30 bits per heavy atom. The number of nitrogens with one attached hydrogen (secondary N) is 2. The molecule has 2 aromatic rings. The molecule has 0 aliphatic rings. The van der Waals surface area contributed by atoms with Crippen molar-refractivity contribution in [2.75, 3.05) is 5.32 Å². The maximum Gasteiger partial charge on any atom is 0.309 e. The molecule has 0 aliphatic heterocycles. The highest BCUT2D eigenvalue weighted by atomic mass is 35.5. The zero-order valence-corrected chi connectivity index (χ0v) is 11.7. The van der Waals surface area contributed by atoms with Crippen LogP contribution in [-0.2, 0) is 4.79 Å². The van der Waals surface area contributed by atoms with E-state index in [0.717, 1.165) is 0 Å². The van der Waals surface area contributed by atoms with Gasteiger partial charge in [-0.1, -0.05) is 29.3 Å². The van der Waals surface area contributed by atoms with Crippen molar-refractivity contribution in [2.45, 2.75) is 6.92 Å². The first kappa shape index (κ1) is 14.4. The van der Waals surface area contributed by atoms with Crippen molar-refractivity contribution in [1.29, 1.82) is 0 Å². The Kier molecular flexibility index (Phi) is 4.26. The number of amides is 1. The smallest absolute Gasteiger partial charge is 0.309 e. The molecule has 1 aromatic heterocycles. The summed E-state index contributed by atoms with van der Waals surface area (Å²) in [5, 5.41) is 9.13. The molecule has 0 saturated carbocycles. The van der Waals surface area contributed by atoms with Crippen LogP contribution >= 0.6 is 23.2 Å². The number of aromatic nitrogens is 2. The summed E-state index contributed by atoms with van der Waals surface area (Å²) in [5.74, 6) is -1.12. The SMILES string of the molecule is CC(=O)Oc1n[nH]cc1NC(=O)c1c(Cl)cccc1Cl. The Hall–Kier alpha value is -2.05. The standard InChI is InChI=1S/C12H9Cl2N3O3/c1-6(18)20-12-9(5-15-17-12)16-11(19)10-7(13)3-2-4-8(10)14/h2-5H,1H3,(H,15,17)(H,16,19). The number of esters is 1. The van der Waals surface area contributed by atoms with Crippen LogP contribution in [0.5, 0.6) is 5.88 Å². The van der Waals surface area contributed by atoms with Gasteiger partial charge in [-0.25, -0.2) is 0 Å². The second-order valence-electron chi connectivity index (χ2n) is 3.75. The number of carbonyl (C=O) groups excluding carboxylic acids is 2. The fourth-order valence-electron chi connectivity index (χ4n) is 1.48. The third-order valence-electron chi connectivity index (χ3n) is 2.28. The number of benzene rings is 1. The van der Waals surface area contributed by atoms with E-state index < -0.39 is 11.9 Å². The summed E-state index contributed by atoms with van der Waals surface area (Å²) in [6.07, 6.45) is 1.38. The number of carbonyl (C=O) groups is 2. The molecule has 2 N–H and O–H groups in total. The van der Waals surface area contributed by atoms with Crippen molar-refractivity contribution in [1.82, 2.24) is 10.2 Å². The summed E-state index contributed by atoms with van der Waals surface area (Å²) < 4.78 is 4.82. The molecule has 104 valence electrons. The lowest BCUT2D eigenvalue weighted by molar-refractivity contribution is -0.132. The van der Waals surface area contributed by atoms with Gasteiger partial charge in [0, 0.05) is 13.1 Å². The van der Waals surface area contributed by atoms with Gasteiger partial charge in [-0.2, -0.15) is 0 Å². The molecule has 0 spiro atoms. The van der Waals surface area contributed by atoms with Gasteiger partial charge >= 0.3 is 5.97 Å². The van der Waals surface area contributed by atoms with Gasteiger partial charge in [-0.15, -0.1) is 5.10 Å². The van der Waals surface area contributed by atoms with Crippen molar-refractivity contribution in [3.8, 4) is 5.88 Å². The van der Waals surface area contributed by atoms with Crippen LogP contribution < -0.4 is 10.1 Å². The highest BCUT2D eigenvalue weighted by molar-refractivity contribution is 6.40. The Morgan fingerprint density at radius 2 is 1.95 bits per heavy atom. The zero-order chi connectivity index (χ0) is 14.7. The van der Waals surface area contributed by atoms with E-state index in [2.05, 4.69) is 15.5 Å². The Balaban J connectivity index is 2.24. The monoisotopic (exact) mass is 313 g/mol. The summed E-state index contributed by atoms with van der Waals surface area (Å²) >= 11 is 11.9. The van der Waals surface area contributed by atoms with Crippen molar-refractivity contribution in [3.05, 3.63) is 40.0 Å². The molecule has 0 fully saturated rings. The van der Waals surface area contributed by atoms with E-state index in [1.165, 1.54) is 13.1 Å². The number of H-pyrrole nitrogens is 1. The lowest BCUT2D eigenvalue weighted by Crippen LogP contribution is -2.14. The number of halogens is 2. The molecule has 0 atom stereocenters. The number of hydrogen-bond acceptors (Lipinski definition) is 4. The number of ether oxygens (including phenoxy) is 1. The quantitative estimate of drug-likeness (QED) is 0.853. The van der Waals surface area contributed by atoms with Crippen molar-refractivity contribution in [3.63, 3.8) is 0 Å². The van der Waals surface area contributed by atoms with E-state index in [1.54, 1.807) is 18.2 Å². The fourth-order valence-corrected chi connectivity index (χ4v) is 2.05. The van der Waals surface area contributed by atoms with Crippen LogP contribution in [0.2, 0.25) is 10.0 Å². The van der Waals surface area contributed by atoms with E-state index in [-0.39, 0.29) is 27.2 Å². The molecule has 20 heavy (non-hydrogen) atoms. The minimum atomic E-state index is -0.552. The molecule has 6 nitrogen and oxygen atoms in total. The van der Waals surface area contributed by atoms with Crippen molar-refractivity contribution < 1.29 is 14.3 Å². The molecule has 2 rings (SSSR count). The number of hydrogen-bond donors (Lipinski definition) is 2. The van der Waals surface area contributed by atoms with Crippen molar-refractivity contribution >= 4 is 40.8 Å². The lowest BCUT2D eigenvalue weighted by atomic mass is 10.2. The van der Waals surface area contributed by atoms with Crippen LogP contribution in [0.25, 0.3) is 0 Å². The molecular formula is C12H9Cl2N3O3. The number of aromatic amines is 1. The lowest BCUT2D eigenvalue weighted by Gasteiger charge is -2.07. The van der Waals surface area contributed by atoms with E-state index in [9.17, 15) is 9.59 Å². The highest BCUT2D eigenvalue weighted by Crippen LogP contribution is 2.27. The van der Waals surface area contributed by atoms with Gasteiger partial charge < -0.3 is 10.1 Å². The van der Waals surface area contributed by atoms with Gasteiger partial charge in [-0.3, -0.25) is 14.7 Å². The molecule has 0 radical (unpaired) electrons. The normalized spacial score (nSPS) is 10.2. The predicted octanol–water partition coefficient (Wildman–Crippen LogP) is 2.89. The van der Waals surface area contributed by atoms with E-state index >= 15 is 0 Å².